The maximum atomic E-state index is 12.8. The maximum Gasteiger partial charge on any atom is 0.270 e. The zero-order valence-electron chi connectivity index (χ0n) is 16.2. The number of carbonyl (C=O) groups is 1. The average Bonchev–Trinajstić information content (AvgIpc) is 3.16. The molecule has 29 heavy (non-hydrogen) atoms. The molecule has 1 aliphatic heterocycles. The van der Waals surface area contributed by atoms with Crippen molar-refractivity contribution < 1.29 is 13.2 Å². The number of fused-ring (bicyclic) bond motifs is 1. The van der Waals surface area contributed by atoms with Gasteiger partial charge in [0.25, 0.3) is 5.91 Å². The first-order valence-electron chi connectivity index (χ1n) is 9.54. The molecule has 4 rings (SSSR count). The SMILES string of the molecule is Cc1ccc2[nH]c(C(=O)N3CCN(S(=O)(=O)/C=C/c4ccccc4)CC3)cc2c1. The van der Waals surface area contributed by atoms with Gasteiger partial charge in [0.05, 0.1) is 0 Å². The second-order valence-corrected chi connectivity index (χ2v) is 9.04. The summed E-state index contributed by atoms with van der Waals surface area (Å²) in [6, 6.07) is 17.2. The molecule has 1 fully saturated rings. The van der Waals surface area contributed by atoms with Gasteiger partial charge >= 0.3 is 0 Å². The first-order valence-corrected chi connectivity index (χ1v) is 11.0. The van der Waals surface area contributed by atoms with Crippen LogP contribution in [0.15, 0.2) is 60.0 Å². The predicted octanol–water partition coefficient (Wildman–Crippen LogP) is 3.23. The summed E-state index contributed by atoms with van der Waals surface area (Å²) in [5.74, 6) is -0.101. The first-order chi connectivity index (χ1) is 13.9. The molecule has 2 aromatic carbocycles. The minimum absolute atomic E-state index is 0.101. The third-order valence-corrected chi connectivity index (χ3v) is 6.69. The summed E-state index contributed by atoms with van der Waals surface area (Å²) in [4.78, 5) is 17.7. The van der Waals surface area contributed by atoms with Gasteiger partial charge in [-0.1, -0.05) is 42.0 Å². The summed E-state index contributed by atoms with van der Waals surface area (Å²) in [7, 11) is -3.51. The number of amides is 1. The summed E-state index contributed by atoms with van der Waals surface area (Å²) in [6.07, 6.45) is 1.60. The van der Waals surface area contributed by atoms with Crippen LogP contribution in [0.25, 0.3) is 17.0 Å². The highest BCUT2D eigenvalue weighted by atomic mass is 32.2. The lowest BCUT2D eigenvalue weighted by atomic mass is 10.2. The monoisotopic (exact) mass is 409 g/mol. The fourth-order valence-electron chi connectivity index (χ4n) is 3.50. The Kier molecular flexibility index (Phi) is 5.25. The molecule has 0 radical (unpaired) electrons. The van der Waals surface area contributed by atoms with Crippen molar-refractivity contribution in [3.63, 3.8) is 0 Å². The molecule has 0 spiro atoms. The van der Waals surface area contributed by atoms with Gasteiger partial charge in [-0.05, 0) is 36.8 Å². The minimum Gasteiger partial charge on any atom is -0.351 e. The molecular weight excluding hydrogens is 386 g/mol. The number of rotatable bonds is 4. The van der Waals surface area contributed by atoms with Crippen molar-refractivity contribution in [2.75, 3.05) is 26.2 Å². The molecule has 150 valence electrons. The topological polar surface area (TPSA) is 73.5 Å². The molecule has 3 aromatic rings. The molecule has 1 aliphatic rings. The first kappa shape index (κ1) is 19.4. The number of hydrogen-bond acceptors (Lipinski definition) is 3. The van der Waals surface area contributed by atoms with Gasteiger partial charge in [-0.25, -0.2) is 8.42 Å². The van der Waals surface area contributed by atoms with Crippen molar-refractivity contribution in [2.45, 2.75) is 6.92 Å². The molecule has 0 unspecified atom stereocenters. The number of nitrogens with one attached hydrogen (secondary N) is 1. The standard InChI is InChI=1S/C22H23N3O3S/c1-17-7-8-20-19(15-17)16-21(23-20)22(26)24-10-12-25(13-11-24)29(27,28)14-9-18-5-3-2-4-6-18/h2-9,14-16,23H,10-13H2,1H3/b14-9+. The van der Waals surface area contributed by atoms with Gasteiger partial charge in [0.15, 0.2) is 0 Å². The van der Waals surface area contributed by atoms with Crippen molar-refractivity contribution in [1.29, 1.82) is 0 Å². The lowest BCUT2D eigenvalue weighted by Crippen LogP contribution is -2.50. The maximum absolute atomic E-state index is 12.8. The molecular formula is C22H23N3O3S. The summed E-state index contributed by atoms with van der Waals surface area (Å²) in [6.45, 7) is 3.32. The van der Waals surface area contributed by atoms with E-state index in [0.29, 0.717) is 18.8 Å². The summed E-state index contributed by atoms with van der Waals surface area (Å²) >= 11 is 0. The molecule has 1 amide bonds. The molecule has 1 N–H and O–H groups in total. The van der Waals surface area contributed by atoms with Crippen LogP contribution in [0.1, 0.15) is 21.6 Å². The van der Waals surface area contributed by atoms with Gasteiger partial charge < -0.3 is 9.88 Å². The van der Waals surface area contributed by atoms with Crippen LogP contribution in [0.3, 0.4) is 0 Å². The highest BCUT2D eigenvalue weighted by Crippen LogP contribution is 2.19. The number of carbonyl (C=O) groups excluding carboxylic acids is 1. The van der Waals surface area contributed by atoms with Crippen LogP contribution < -0.4 is 0 Å². The summed E-state index contributed by atoms with van der Waals surface area (Å²) in [5.41, 5.74) is 3.42. The molecule has 6 nitrogen and oxygen atoms in total. The number of piperazine rings is 1. The Morgan fingerprint density at radius 3 is 2.45 bits per heavy atom. The van der Waals surface area contributed by atoms with Crippen LogP contribution in [-0.4, -0.2) is 54.7 Å². The highest BCUT2D eigenvalue weighted by Gasteiger charge is 2.28. The van der Waals surface area contributed by atoms with E-state index in [1.807, 2.05) is 61.5 Å². The number of H-pyrrole nitrogens is 1. The van der Waals surface area contributed by atoms with Crippen molar-refractivity contribution in [2.24, 2.45) is 0 Å². The minimum atomic E-state index is -3.51. The highest BCUT2D eigenvalue weighted by molar-refractivity contribution is 7.92. The Hall–Kier alpha value is -2.90. The van der Waals surface area contributed by atoms with Gasteiger partial charge in [0.2, 0.25) is 10.0 Å². The fourth-order valence-corrected chi connectivity index (χ4v) is 4.67. The Morgan fingerprint density at radius 2 is 1.72 bits per heavy atom. The van der Waals surface area contributed by atoms with Crippen LogP contribution >= 0.6 is 0 Å². The van der Waals surface area contributed by atoms with E-state index in [2.05, 4.69) is 4.98 Å². The van der Waals surface area contributed by atoms with Crippen molar-refractivity contribution in [3.05, 3.63) is 76.8 Å². The van der Waals surface area contributed by atoms with Crippen molar-refractivity contribution in [3.8, 4) is 0 Å². The lowest BCUT2D eigenvalue weighted by Gasteiger charge is -2.33. The number of aromatic nitrogens is 1. The van der Waals surface area contributed by atoms with E-state index < -0.39 is 10.0 Å². The Balaban J connectivity index is 1.41. The normalized spacial score (nSPS) is 16.0. The van der Waals surface area contributed by atoms with Crippen LogP contribution in [0.5, 0.6) is 0 Å². The van der Waals surface area contributed by atoms with Gasteiger partial charge in [-0.3, -0.25) is 4.79 Å². The van der Waals surface area contributed by atoms with Crippen molar-refractivity contribution in [1.82, 2.24) is 14.2 Å². The van der Waals surface area contributed by atoms with Gasteiger partial charge in [-0.15, -0.1) is 0 Å². The fraction of sp³-hybridized carbons (Fsp3) is 0.227. The number of hydrogen-bond donors (Lipinski definition) is 1. The van der Waals surface area contributed by atoms with E-state index >= 15 is 0 Å². The third kappa shape index (κ3) is 4.26. The summed E-state index contributed by atoms with van der Waals surface area (Å²) < 4.78 is 26.6. The van der Waals surface area contributed by atoms with E-state index in [9.17, 15) is 13.2 Å². The largest absolute Gasteiger partial charge is 0.351 e. The second kappa shape index (κ2) is 7.85. The molecule has 0 saturated carbocycles. The van der Waals surface area contributed by atoms with Crippen LogP contribution in [-0.2, 0) is 10.0 Å². The van der Waals surface area contributed by atoms with Gasteiger partial charge in [0, 0.05) is 42.5 Å². The Bertz CT molecular complexity index is 1160. The van der Waals surface area contributed by atoms with E-state index in [1.165, 1.54) is 9.71 Å². The molecule has 0 bridgehead atoms. The van der Waals surface area contributed by atoms with Crippen LogP contribution in [0.4, 0.5) is 0 Å². The summed E-state index contributed by atoms with van der Waals surface area (Å²) in [5, 5.41) is 2.24. The molecule has 0 atom stereocenters. The van der Waals surface area contributed by atoms with Crippen LogP contribution in [0.2, 0.25) is 0 Å². The molecule has 0 aliphatic carbocycles. The predicted molar refractivity (Wildman–Crippen MR) is 115 cm³/mol. The number of nitrogens with zero attached hydrogens (tertiary/aromatic N) is 2. The Morgan fingerprint density at radius 1 is 1.00 bits per heavy atom. The van der Waals surface area contributed by atoms with Gasteiger partial charge in [-0.2, -0.15) is 4.31 Å². The number of aromatic amines is 1. The zero-order chi connectivity index (χ0) is 20.4. The quantitative estimate of drug-likeness (QED) is 0.719. The molecule has 1 aromatic heterocycles. The van der Waals surface area contributed by atoms with E-state index in [4.69, 9.17) is 0 Å². The van der Waals surface area contributed by atoms with E-state index in [-0.39, 0.29) is 19.0 Å². The van der Waals surface area contributed by atoms with Gasteiger partial charge in [0.1, 0.15) is 5.69 Å². The Labute approximate surface area is 170 Å². The van der Waals surface area contributed by atoms with Crippen LogP contribution in [0, 0.1) is 6.92 Å². The number of benzene rings is 2. The lowest BCUT2D eigenvalue weighted by molar-refractivity contribution is 0.0693. The molecule has 1 saturated heterocycles. The number of sulfonamides is 1. The molecule has 2 heterocycles. The van der Waals surface area contributed by atoms with Crippen molar-refractivity contribution >= 4 is 32.9 Å². The van der Waals surface area contributed by atoms with E-state index in [1.54, 1.807) is 11.0 Å². The second-order valence-electron chi connectivity index (χ2n) is 7.22. The zero-order valence-corrected chi connectivity index (χ0v) is 17.0. The smallest absolute Gasteiger partial charge is 0.270 e. The molecule has 7 heteroatoms. The number of aryl methyl sites for hydroxylation is 1. The average molecular weight is 410 g/mol. The van der Waals surface area contributed by atoms with E-state index in [0.717, 1.165) is 22.0 Å². The third-order valence-electron chi connectivity index (χ3n) is 5.12.